The number of amides is 2. The number of carbonyl (C=O) groups excluding carboxylic acids is 2. The van der Waals surface area contributed by atoms with Gasteiger partial charge < -0.3 is 24.8 Å². The summed E-state index contributed by atoms with van der Waals surface area (Å²) < 4.78 is 16.2. The molecule has 0 aliphatic carbocycles. The van der Waals surface area contributed by atoms with Crippen molar-refractivity contribution in [1.82, 2.24) is 10.6 Å². The van der Waals surface area contributed by atoms with Crippen molar-refractivity contribution in [2.75, 3.05) is 20.8 Å². The average Bonchev–Trinajstić information content (AvgIpc) is 3.35. The molecule has 8 heteroatoms. The molecule has 2 N–H and O–H groups in total. The van der Waals surface area contributed by atoms with Crippen LogP contribution in [0.15, 0.2) is 71.7 Å². The number of ether oxygens (including phenoxy) is 3. The summed E-state index contributed by atoms with van der Waals surface area (Å²) in [4.78, 5) is 26.7. The van der Waals surface area contributed by atoms with Crippen molar-refractivity contribution < 1.29 is 23.8 Å². The van der Waals surface area contributed by atoms with Crippen molar-refractivity contribution in [2.24, 2.45) is 0 Å². The molecule has 0 saturated heterocycles. The van der Waals surface area contributed by atoms with Gasteiger partial charge in [-0.25, -0.2) is 0 Å². The molecule has 7 nitrogen and oxygen atoms in total. The second kappa shape index (κ2) is 11.7. The van der Waals surface area contributed by atoms with Gasteiger partial charge in [-0.2, -0.15) is 0 Å². The predicted molar refractivity (Wildman–Crippen MR) is 129 cm³/mol. The minimum atomic E-state index is -0.443. The fourth-order valence-electron chi connectivity index (χ4n) is 2.93. The molecule has 0 bridgehead atoms. The lowest BCUT2D eigenvalue weighted by Crippen LogP contribution is -2.41. The number of hydrogen-bond acceptors (Lipinski definition) is 6. The maximum absolute atomic E-state index is 13.0. The first kappa shape index (κ1) is 23.9. The maximum atomic E-state index is 13.0. The van der Waals surface area contributed by atoms with E-state index in [9.17, 15) is 9.59 Å². The van der Waals surface area contributed by atoms with Crippen molar-refractivity contribution in [1.29, 1.82) is 0 Å². The smallest absolute Gasteiger partial charge is 0.268 e. The van der Waals surface area contributed by atoms with Crippen LogP contribution < -0.4 is 24.8 Å². The fraction of sp³-hybridized carbons (Fsp3) is 0.200. The number of benzene rings is 2. The Hall–Kier alpha value is -3.78. The standard InChI is InChI=1S/C25H26N2O5S/c1-17(16-32-19-8-5-4-6-9-19)26-25(29)21(15-20-10-7-13-33-20)27-24(28)18-11-12-22(30-2)23(14-18)31-3/h4-15,17H,16H2,1-3H3,(H,26,29)(H,27,28)/b21-15-. The third kappa shape index (κ3) is 6.85. The monoisotopic (exact) mass is 466 g/mol. The van der Waals surface area contributed by atoms with Gasteiger partial charge in [0.1, 0.15) is 18.1 Å². The number of carbonyl (C=O) groups is 2. The number of methoxy groups -OCH3 is 2. The number of thiophene rings is 1. The van der Waals surface area contributed by atoms with E-state index in [1.165, 1.54) is 25.6 Å². The van der Waals surface area contributed by atoms with Gasteiger partial charge in [-0.05, 0) is 54.8 Å². The number of hydrogen-bond donors (Lipinski definition) is 2. The van der Waals surface area contributed by atoms with Gasteiger partial charge in [-0.15, -0.1) is 11.3 Å². The molecule has 3 rings (SSSR count). The summed E-state index contributed by atoms with van der Waals surface area (Å²) in [7, 11) is 3.01. The van der Waals surface area contributed by atoms with E-state index in [0.29, 0.717) is 17.1 Å². The molecule has 0 spiro atoms. The largest absolute Gasteiger partial charge is 0.493 e. The molecule has 1 heterocycles. The van der Waals surface area contributed by atoms with E-state index in [4.69, 9.17) is 14.2 Å². The van der Waals surface area contributed by atoms with Crippen LogP contribution in [-0.2, 0) is 4.79 Å². The number of para-hydroxylation sites is 1. The van der Waals surface area contributed by atoms with Gasteiger partial charge in [0.2, 0.25) is 0 Å². The van der Waals surface area contributed by atoms with Gasteiger partial charge in [0.25, 0.3) is 11.8 Å². The van der Waals surface area contributed by atoms with Gasteiger partial charge in [-0.1, -0.05) is 24.3 Å². The predicted octanol–water partition coefficient (Wildman–Crippen LogP) is 4.12. The van der Waals surface area contributed by atoms with Crippen LogP contribution in [0.25, 0.3) is 6.08 Å². The highest BCUT2D eigenvalue weighted by Crippen LogP contribution is 2.27. The number of rotatable bonds is 10. The van der Waals surface area contributed by atoms with Crippen molar-refractivity contribution in [2.45, 2.75) is 13.0 Å². The van der Waals surface area contributed by atoms with Crippen LogP contribution in [-0.4, -0.2) is 38.7 Å². The van der Waals surface area contributed by atoms with E-state index >= 15 is 0 Å². The fourth-order valence-corrected chi connectivity index (χ4v) is 3.58. The second-order valence-corrected chi connectivity index (χ2v) is 8.08. The molecule has 1 atom stereocenters. The quantitative estimate of drug-likeness (QED) is 0.439. The summed E-state index contributed by atoms with van der Waals surface area (Å²) in [5.74, 6) is 0.789. The zero-order chi connectivity index (χ0) is 23.6. The Kier molecular flexibility index (Phi) is 8.49. The molecule has 3 aromatic rings. The molecule has 0 aliphatic heterocycles. The summed E-state index contributed by atoms with van der Waals surface area (Å²) in [5.41, 5.74) is 0.460. The van der Waals surface area contributed by atoms with Crippen molar-refractivity contribution in [3.05, 3.63) is 82.2 Å². The van der Waals surface area contributed by atoms with Crippen LogP contribution in [0.1, 0.15) is 22.2 Å². The van der Waals surface area contributed by atoms with Gasteiger partial charge in [0.15, 0.2) is 11.5 Å². The van der Waals surface area contributed by atoms with Gasteiger partial charge in [-0.3, -0.25) is 9.59 Å². The molecule has 172 valence electrons. The third-order valence-corrected chi connectivity index (χ3v) is 5.41. The Morgan fingerprint density at radius 2 is 1.76 bits per heavy atom. The van der Waals surface area contributed by atoms with Crippen LogP contribution in [0.5, 0.6) is 17.2 Å². The summed E-state index contributed by atoms with van der Waals surface area (Å²) >= 11 is 1.46. The van der Waals surface area contributed by atoms with Crippen molar-refractivity contribution >= 4 is 29.2 Å². The maximum Gasteiger partial charge on any atom is 0.268 e. The highest BCUT2D eigenvalue weighted by atomic mass is 32.1. The lowest BCUT2D eigenvalue weighted by Gasteiger charge is -2.17. The lowest BCUT2D eigenvalue weighted by molar-refractivity contribution is -0.118. The molecule has 0 fully saturated rings. The molecule has 2 aromatic carbocycles. The van der Waals surface area contributed by atoms with E-state index in [1.807, 2.05) is 54.8 Å². The molecule has 2 amide bonds. The van der Waals surface area contributed by atoms with E-state index in [0.717, 1.165) is 10.6 Å². The summed E-state index contributed by atoms with van der Waals surface area (Å²) in [6.45, 7) is 2.12. The minimum absolute atomic E-state index is 0.129. The van der Waals surface area contributed by atoms with Crippen LogP contribution in [0.4, 0.5) is 0 Å². The first-order chi connectivity index (χ1) is 16.0. The first-order valence-corrected chi connectivity index (χ1v) is 11.2. The SMILES string of the molecule is COc1ccc(C(=O)N/C(=C\c2cccs2)C(=O)NC(C)COc2ccccc2)cc1OC. The zero-order valence-electron chi connectivity index (χ0n) is 18.7. The summed E-state index contributed by atoms with van der Waals surface area (Å²) in [5, 5.41) is 7.49. The first-order valence-electron chi connectivity index (χ1n) is 10.3. The molecule has 0 aliphatic rings. The average molecular weight is 467 g/mol. The number of nitrogens with one attached hydrogen (secondary N) is 2. The minimum Gasteiger partial charge on any atom is -0.493 e. The molecule has 1 unspecified atom stereocenters. The normalized spacial score (nSPS) is 11.9. The molecular weight excluding hydrogens is 440 g/mol. The van der Waals surface area contributed by atoms with Crippen LogP contribution in [0, 0.1) is 0 Å². The Morgan fingerprint density at radius 3 is 2.42 bits per heavy atom. The molecule has 0 radical (unpaired) electrons. The van der Waals surface area contributed by atoms with Gasteiger partial charge in [0.05, 0.1) is 20.3 Å². The molecule has 0 saturated carbocycles. The highest BCUT2D eigenvalue weighted by Gasteiger charge is 2.18. The Bertz CT molecular complexity index is 1100. The highest BCUT2D eigenvalue weighted by molar-refractivity contribution is 7.10. The van der Waals surface area contributed by atoms with E-state index in [-0.39, 0.29) is 18.3 Å². The Morgan fingerprint density at radius 1 is 1.00 bits per heavy atom. The van der Waals surface area contributed by atoms with Gasteiger partial charge >= 0.3 is 0 Å². The Labute approximate surface area is 197 Å². The molecule has 1 aromatic heterocycles. The van der Waals surface area contributed by atoms with Crippen molar-refractivity contribution in [3.8, 4) is 17.2 Å². The topological polar surface area (TPSA) is 85.9 Å². The summed E-state index contributed by atoms with van der Waals surface area (Å²) in [6, 6.07) is 17.6. The second-order valence-electron chi connectivity index (χ2n) is 7.10. The molecule has 33 heavy (non-hydrogen) atoms. The lowest BCUT2D eigenvalue weighted by atomic mass is 10.1. The Balaban J connectivity index is 1.72. The zero-order valence-corrected chi connectivity index (χ0v) is 19.5. The van der Waals surface area contributed by atoms with E-state index in [1.54, 1.807) is 24.3 Å². The van der Waals surface area contributed by atoms with Crippen molar-refractivity contribution in [3.63, 3.8) is 0 Å². The van der Waals surface area contributed by atoms with Crippen LogP contribution in [0.2, 0.25) is 0 Å². The van der Waals surface area contributed by atoms with Gasteiger partial charge in [0, 0.05) is 10.4 Å². The van der Waals surface area contributed by atoms with E-state index < -0.39 is 11.8 Å². The third-order valence-electron chi connectivity index (χ3n) is 4.59. The van der Waals surface area contributed by atoms with Crippen LogP contribution in [0.3, 0.4) is 0 Å². The molecular formula is C25H26N2O5S. The van der Waals surface area contributed by atoms with Crippen LogP contribution >= 0.6 is 11.3 Å². The van der Waals surface area contributed by atoms with E-state index in [2.05, 4.69) is 10.6 Å². The summed E-state index contributed by atoms with van der Waals surface area (Å²) in [6.07, 6.45) is 1.64.